The van der Waals surface area contributed by atoms with Crippen molar-refractivity contribution in [1.82, 2.24) is 30.9 Å². The Morgan fingerprint density at radius 1 is 1.39 bits per heavy atom. The van der Waals surface area contributed by atoms with Crippen molar-refractivity contribution in [3.8, 4) is 0 Å². The van der Waals surface area contributed by atoms with Crippen LogP contribution in [-0.2, 0) is 12.0 Å². The highest BCUT2D eigenvalue weighted by Gasteiger charge is 2.17. The molecule has 0 radical (unpaired) electrons. The van der Waals surface area contributed by atoms with Gasteiger partial charge in [-0.2, -0.15) is 20.5 Å². The summed E-state index contributed by atoms with van der Waals surface area (Å²) in [7, 11) is 0. The van der Waals surface area contributed by atoms with E-state index in [1.165, 1.54) is 6.20 Å². The molecule has 18 heavy (non-hydrogen) atoms. The van der Waals surface area contributed by atoms with Crippen molar-refractivity contribution in [2.75, 3.05) is 0 Å². The maximum Gasteiger partial charge on any atom is 0.273 e. The van der Waals surface area contributed by atoms with Gasteiger partial charge in [0.15, 0.2) is 5.69 Å². The van der Waals surface area contributed by atoms with Crippen LogP contribution in [0.4, 0.5) is 0 Å². The van der Waals surface area contributed by atoms with E-state index in [0.29, 0.717) is 6.54 Å². The van der Waals surface area contributed by atoms with Crippen LogP contribution in [0.15, 0.2) is 12.3 Å². The Balaban J connectivity index is 1.95. The van der Waals surface area contributed by atoms with Crippen molar-refractivity contribution in [1.29, 1.82) is 0 Å². The number of carbonyl (C=O) groups excluding carboxylic acids is 1. The van der Waals surface area contributed by atoms with Crippen LogP contribution >= 0.6 is 0 Å². The summed E-state index contributed by atoms with van der Waals surface area (Å²) in [5, 5.41) is 19.5. The summed E-state index contributed by atoms with van der Waals surface area (Å²) in [6.07, 6.45) is 1.38. The van der Waals surface area contributed by atoms with Gasteiger partial charge in [0.1, 0.15) is 0 Å². The first kappa shape index (κ1) is 12.3. The molecule has 0 saturated heterocycles. The second kappa shape index (κ2) is 4.59. The third-order valence-electron chi connectivity index (χ3n) is 2.49. The Labute approximate surface area is 104 Å². The van der Waals surface area contributed by atoms with Crippen LogP contribution in [-0.4, -0.2) is 31.5 Å². The third kappa shape index (κ3) is 2.73. The molecule has 0 aliphatic carbocycles. The lowest BCUT2D eigenvalue weighted by atomic mass is 9.92. The Morgan fingerprint density at radius 3 is 2.72 bits per heavy atom. The molecule has 2 heterocycles. The Bertz CT molecular complexity index is 522. The minimum Gasteiger partial charge on any atom is -0.345 e. The van der Waals surface area contributed by atoms with E-state index in [1.807, 2.05) is 6.07 Å². The fraction of sp³-hybridized carbons (Fsp3) is 0.455. The van der Waals surface area contributed by atoms with Crippen molar-refractivity contribution in [3.63, 3.8) is 0 Å². The van der Waals surface area contributed by atoms with E-state index in [4.69, 9.17) is 0 Å². The summed E-state index contributed by atoms with van der Waals surface area (Å²) >= 11 is 0. The van der Waals surface area contributed by atoms with Crippen LogP contribution in [0.3, 0.4) is 0 Å². The fourth-order valence-corrected chi connectivity index (χ4v) is 1.41. The van der Waals surface area contributed by atoms with Gasteiger partial charge >= 0.3 is 0 Å². The molecule has 3 N–H and O–H groups in total. The van der Waals surface area contributed by atoms with Crippen LogP contribution < -0.4 is 5.32 Å². The number of aromatic amines is 2. The predicted octanol–water partition coefficient (Wildman–Crippen LogP) is 0.755. The number of nitrogens with zero attached hydrogens (tertiary/aromatic N) is 3. The maximum atomic E-state index is 11.6. The van der Waals surface area contributed by atoms with Gasteiger partial charge in [-0.25, -0.2) is 0 Å². The standard InChI is InChI=1S/C11H16N6O/c1-11(2,3)9-4-7(14-16-9)5-12-10(18)8-6-13-17-15-8/h4,6H,5H2,1-3H3,(H,12,18)(H,14,16)(H,13,15,17). The summed E-state index contributed by atoms with van der Waals surface area (Å²) in [6.45, 7) is 6.64. The molecule has 7 heteroatoms. The number of H-pyrrole nitrogens is 2. The number of hydrogen-bond donors (Lipinski definition) is 3. The van der Waals surface area contributed by atoms with Gasteiger partial charge in [0.05, 0.1) is 24.1 Å². The first-order chi connectivity index (χ1) is 8.47. The molecule has 1 amide bonds. The zero-order valence-electron chi connectivity index (χ0n) is 10.6. The summed E-state index contributed by atoms with van der Waals surface area (Å²) in [5.74, 6) is -0.268. The monoisotopic (exact) mass is 248 g/mol. The van der Waals surface area contributed by atoms with Gasteiger partial charge in [0, 0.05) is 5.41 Å². The number of carbonyl (C=O) groups is 1. The van der Waals surface area contributed by atoms with Crippen LogP contribution in [0.25, 0.3) is 0 Å². The Morgan fingerprint density at radius 2 is 2.17 bits per heavy atom. The average molecular weight is 248 g/mol. The van der Waals surface area contributed by atoms with E-state index in [-0.39, 0.29) is 17.0 Å². The van der Waals surface area contributed by atoms with Gasteiger partial charge in [-0.1, -0.05) is 20.8 Å². The van der Waals surface area contributed by atoms with Gasteiger partial charge in [-0.15, -0.1) is 0 Å². The van der Waals surface area contributed by atoms with Gasteiger partial charge in [-0.05, 0) is 6.07 Å². The maximum absolute atomic E-state index is 11.6. The minimum atomic E-state index is -0.268. The molecule has 7 nitrogen and oxygen atoms in total. The van der Waals surface area contributed by atoms with Gasteiger partial charge in [-0.3, -0.25) is 9.89 Å². The molecule has 0 saturated carbocycles. The lowest BCUT2D eigenvalue weighted by molar-refractivity contribution is 0.0945. The predicted molar refractivity (Wildman–Crippen MR) is 64.8 cm³/mol. The van der Waals surface area contributed by atoms with Crippen molar-refractivity contribution in [3.05, 3.63) is 29.3 Å². The third-order valence-corrected chi connectivity index (χ3v) is 2.49. The number of aromatic nitrogens is 5. The topological polar surface area (TPSA) is 99.4 Å². The molecule has 0 aromatic carbocycles. The van der Waals surface area contributed by atoms with Crippen molar-refractivity contribution >= 4 is 5.91 Å². The molecule has 0 aliphatic rings. The first-order valence-electron chi connectivity index (χ1n) is 5.65. The second-order valence-corrected chi connectivity index (χ2v) is 5.07. The fourth-order valence-electron chi connectivity index (χ4n) is 1.41. The molecule has 0 bridgehead atoms. The lowest BCUT2D eigenvalue weighted by Gasteiger charge is -2.13. The smallest absolute Gasteiger partial charge is 0.273 e. The largest absolute Gasteiger partial charge is 0.345 e. The second-order valence-electron chi connectivity index (χ2n) is 5.07. The van der Waals surface area contributed by atoms with Gasteiger partial charge in [0.25, 0.3) is 5.91 Å². The molecule has 2 aromatic rings. The quantitative estimate of drug-likeness (QED) is 0.746. The Kier molecular flexibility index (Phi) is 3.14. The zero-order chi connectivity index (χ0) is 13.2. The van der Waals surface area contributed by atoms with E-state index in [1.54, 1.807) is 0 Å². The molecule has 0 aliphatic heterocycles. The van der Waals surface area contributed by atoms with Crippen molar-refractivity contribution < 1.29 is 4.79 Å². The molecular weight excluding hydrogens is 232 g/mol. The van der Waals surface area contributed by atoms with Crippen LogP contribution in [0.5, 0.6) is 0 Å². The highest BCUT2D eigenvalue weighted by Crippen LogP contribution is 2.20. The van der Waals surface area contributed by atoms with E-state index in [9.17, 15) is 4.79 Å². The highest BCUT2D eigenvalue weighted by atomic mass is 16.1. The van der Waals surface area contributed by atoms with E-state index >= 15 is 0 Å². The molecule has 2 aromatic heterocycles. The molecular formula is C11H16N6O. The van der Waals surface area contributed by atoms with Crippen LogP contribution in [0.1, 0.15) is 42.6 Å². The highest BCUT2D eigenvalue weighted by molar-refractivity contribution is 5.91. The zero-order valence-corrected chi connectivity index (χ0v) is 10.6. The lowest BCUT2D eigenvalue weighted by Crippen LogP contribution is -2.23. The molecule has 96 valence electrons. The summed E-state index contributed by atoms with van der Waals surface area (Å²) in [4.78, 5) is 11.6. The van der Waals surface area contributed by atoms with Gasteiger partial charge < -0.3 is 5.32 Å². The van der Waals surface area contributed by atoms with E-state index < -0.39 is 0 Å². The summed E-state index contributed by atoms with van der Waals surface area (Å²) in [6, 6.07) is 1.95. The van der Waals surface area contributed by atoms with E-state index in [2.05, 4.69) is 51.7 Å². The molecule has 2 rings (SSSR count). The van der Waals surface area contributed by atoms with Gasteiger partial charge in [0.2, 0.25) is 0 Å². The number of nitrogens with one attached hydrogen (secondary N) is 3. The first-order valence-corrected chi connectivity index (χ1v) is 5.65. The number of rotatable bonds is 3. The molecule has 0 spiro atoms. The number of amides is 1. The summed E-state index contributed by atoms with van der Waals surface area (Å²) in [5.41, 5.74) is 2.08. The summed E-state index contributed by atoms with van der Waals surface area (Å²) < 4.78 is 0. The van der Waals surface area contributed by atoms with Crippen LogP contribution in [0, 0.1) is 0 Å². The van der Waals surface area contributed by atoms with Crippen molar-refractivity contribution in [2.24, 2.45) is 0 Å². The van der Waals surface area contributed by atoms with Crippen molar-refractivity contribution in [2.45, 2.75) is 32.7 Å². The average Bonchev–Trinajstić information content (AvgIpc) is 2.96. The normalized spacial score (nSPS) is 11.5. The Hall–Kier alpha value is -2.18. The molecule has 0 fully saturated rings. The molecule has 0 unspecified atom stereocenters. The molecule has 0 atom stereocenters. The van der Waals surface area contributed by atoms with Crippen LogP contribution in [0.2, 0.25) is 0 Å². The number of hydrogen-bond acceptors (Lipinski definition) is 4. The SMILES string of the molecule is CC(C)(C)c1cc(CNC(=O)c2cn[nH]n2)[nH]n1. The van der Waals surface area contributed by atoms with E-state index in [0.717, 1.165) is 11.4 Å². The minimum absolute atomic E-state index is 0.00906.